The molecule has 3 aliphatic rings. The molecule has 30 heavy (non-hydrogen) atoms. The number of likely N-dealkylation sites (tertiary alicyclic amines) is 2. The van der Waals surface area contributed by atoms with E-state index in [1.165, 1.54) is 11.3 Å². The van der Waals surface area contributed by atoms with E-state index >= 15 is 0 Å². The van der Waals surface area contributed by atoms with Crippen LogP contribution in [0.25, 0.3) is 0 Å². The molecule has 0 saturated carbocycles. The Bertz CT molecular complexity index is 699. The fraction of sp³-hybridized carbons (Fsp3) is 0.783. The zero-order valence-corrected chi connectivity index (χ0v) is 19.1. The van der Waals surface area contributed by atoms with Crippen LogP contribution in [-0.4, -0.2) is 77.4 Å². The van der Waals surface area contributed by atoms with Crippen molar-refractivity contribution in [3.05, 3.63) is 11.6 Å². The minimum atomic E-state index is -0.807. The summed E-state index contributed by atoms with van der Waals surface area (Å²) < 4.78 is 0. The predicted octanol–water partition coefficient (Wildman–Crippen LogP) is 2.77. The van der Waals surface area contributed by atoms with Crippen LogP contribution in [0.5, 0.6) is 0 Å². The van der Waals surface area contributed by atoms with Gasteiger partial charge in [0.25, 0.3) is 5.91 Å². The first-order valence-corrected chi connectivity index (χ1v) is 11.6. The van der Waals surface area contributed by atoms with Gasteiger partial charge in [0.2, 0.25) is 5.91 Å². The summed E-state index contributed by atoms with van der Waals surface area (Å²) in [6.45, 7) is 8.63. The maximum absolute atomic E-state index is 13.5. The van der Waals surface area contributed by atoms with Gasteiger partial charge < -0.3 is 15.1 Å². The highest BCUT2D eigenvalue weighted by molar-refractivity contribution is 6.07. The molecule has 7 heteroatoms. The minimum absolute atomic E-state index is 0.0515. The number of hydrogen-bond donors (Lipinski definition) is 1. The smallest absolute Gasteiger partial charge is 0.325 e. The second kappa shape index (κ2) is 9.50. The average Bonchev–Trinajstić information content (AvgIpc) is 3.26. The van der Waals surface area contributed by atoms with E-state index in [2.05, 4.69) is 24.2 Å². The van der Waals surface area contributed by atoms with Crippen molar-refractivity contribution in [3.8, 4) is 0 Å². The molecule has 0 aromatic carbocycles. The first-order valence-electron chi connectivity index (χ1n) is 11.6. The molecule has 0 aliphatic carbocycles. The Morgan fingerprint density at radius 3 is 2.47 bits per heavy atom. The summed E-state index contributed by atoms with van der Waals surface area (Å²) in [5.41, 5.74) is -0.0527. The number of nitrogens with zero attached hydrogens (tertiary/aromatic N) is 3. The molecule has 0 spiro atoms. The van der Waals surface area contributed by atoms with E-state index in [4.69, 9.17) is 0 Å². The molecule has 0 bridgehead atoms. The highest BCUT2D eigenvalue weighted by Gasteiger charge is 2.55. The number of allylic oxidation sites excluding steroid dienone is 1. The number of imide groups is 1. The average molecular weight is 419 g/mol. The summed E-state index contributed by atoms with van der Waals surface area (Å²) in [5.74, 6) is 0.0945. The molecule has 0 aromatic rings. The molecule has 0 aromatic heterocycles. The molecule has 3 saturated heterocycles. The molecular formula is C23H38N4O3. The minimum Gasteiger partial charge on any atom is -0.339 e. The van der Waals surface area contributed by atoms with Crippen molar-refractivity contribution >= 4 is 17.8 Å². The maximum atomic E-state index is 13.5. The molecule has 168 valence electrons. The summed E-state index contributed by atoms with van der Waals surface area (Å²) in [4.78, 5) is 44.5. The zero-order chi connectivity index (χ0) is 21.9. The fourth-order valence-electron chi connectivity index (χ4n) is 5.46. The number of urea groups is 1. The Hall–Kier alpha value is -1.89. The van der Waals surface area contributed by atoms with Crippen molar-refractivity contribution in [1.29, 1.82) is 0 Å². The lowest BCUT2D eigenvalue weighted by atomic mass is 9.74. The molecule has 1 N–H and O–H groups in total. The van der Waals surface area contributed by atoms with E-state index < -0.39 is 5.54 Å². The number of piperidine rings is 1. The lowest BCUT2D eigenvalue weighted by molar-refractivity contribution is -0.135. The van der Waals surface area contributed by atoms with Crippen LogP contribution in [0.4, 0.5) is 4.79 Å². The summed E-state index contributed by atoms with van der Waals surface area (Å²) in [7, 11) is 2.12. The molecule has 0 radical (unpaired) electrons. The quantitative estimate of drug-likeness (QED) is 0.510. The first-order chi connectivity index (χ1) is 14.3. The van der Waals surface area contributed by atoms with E-state index in [1.54, 1.807) is 0 Å². The van der Waals surface area contributed by atoms with Gasteiger partial charge in [0.05, 0.1) is 0 Å². The molecule has 3 fully saturated rings. The first kappa shape index (κ1) is 22.8. The standard InChI is InChI=1S/C23H38N4O3/c1-5-12-23(18-9-14-26(15-10-18)20(28)17(3)6-2)21(29)27(22(30)24-23)16-11-19-8-7-13-25(19)4/h6,18-19H,5,7-16H2,1-4H3,(H,24,30)/b17-6+/t19-,23-/m1/s1. The number of carbonyl (C=O) groups excluding carboxylic acids is 3. The predicted molar refractivity (Wildman–Crippen MR) is 117 cm³/mol. The van der Waals surface area contributed by atoms with Gasteiger partial charge in [0.15, 0.2) is 0 Å². The summed E-state index contributed by atoms with van der Waals surface area (Å²) in [6, 6.07) is 0.216. The van der Waals surface area contributed by atoms with Crippen LogP contribution in [0.2, 0.25) is 0 Å². The van der Waals surface area contributed by atoms with Gasteiger partial charge in [-0.25, -0.2) is 4.79 Å². The van der Waals surface area contributed by atoms with Crippen LogP contribution in [0, 0.1) is 5.92 Å². The third kappa shape index (κ3) is 4.27. The molecule has 4 amide bonds. The van der Waals surface area contributed by atoms with Crippen LogP contribution >= 0.6 is 0 Å². The normalized spacial score (nSPS) is 29.1. The molecule has 3 heterocycles. The van der Waals surface area contributed by atoms with Gasteiger partial charge >= 0.3 is 6.03 Å². The molecule has 2 atom stereocenters. The summed E-state index contributed by atoms with van der Waals surface area (Å²) >= 11 is 0. The van der Waals surface area contributed by atoms with Gasteiger partial charge in [-0.2, -0.15) is 0 Å². The van der Waals surface area contributed by atoms with E-state index in [0.29, 0.717) is 32.1 Å². The highest BCUT2D eigenvalue weighted by Crippen LogP contribution is 2.37. The SMILES string of the molecule is C/C=C(\C)C(=O)N1CCC([C@@]2(CCC)NC(=O)N(CC[C@H]3CCCN3C)C2=O)CC1. The molecule has 0 unspecified atom stereocenters. The van der Waals surface area contributed by atoms with Gasteiger partial charge in [0.1, 0.15) is 5.54 Å². The third-order valence-electron chi connectivity index (χ3n) is 7.45. The number of amides is 4. The Morgan fingerprint density at radius 2 is 1.90 bits per heavy atom. The van der Waals surface area contributed by atoms with Crippen LogP contribution < -0.4 is 5.32 Å². The van der Waals surface area contributed by atoms with E-state index in [1.807, 2.05) is 24.8 Å². The Kier molecular flexibility index (Phi) is 7.22. The van der Waals surface area contributed by atoms with Crippen molar-refractivity contribution in [3.63, 3.8) is 0 Å². The van der Waals surface area contributed by atoms with Gasteiger partial charge in [-0.1, -0.05) is 19.4 Å². The number of hydrogen-bond acceptors (Lipinski definition) is 4. The van der Waals surface area contributed by atoms with Crippen molar-refractivity contribution in [2.24, 2.45) is 5.92 Å². The van der Waals surface area contributed by atoms with Crippen molar-refractivity contribution in [1.82, 2.24) is 20.0 Å². The Labute approximate surface area is 180 Å². The second-order valence-electron chi connectivity index (χ2n) is 9.21. The van der Waals surface area contributed by atoms with E-state index in [9.17, 15) is 14.4 Å². The number of nitrogens with one attached hydrogen (secondary N) is 1. The topological polar surface area (TPSA) is 73.0 Å². The van der Waals surface area contributed by atoms with E-state index in [0.717, 1.165) is 44.2 Å². The number of rotatable bonds is 7. The zero-order valence-electron chi connectivity index (χ0n) is 19.1. The molecule has 3 aliphatic heterocycles. The monoisotopic (exact) mass is 418 g/mol. The van der Waals surface area contributed by atoms with Crippen molar-refractivity contribution in [2.75, 3.05) is 33.2 Å². The molecule has 7 nitrogen and oxygen atoms in total. The maximum Gasteiger partial charge on any atom is 0.325 e. The van der Waals surface area contributed by atoms with Gasteiger partial charge in [-0.05, 0) is 71.9 Å². The second-order valence-corrected chi connectivity index (χ2v) is 9.21. The Morgan fingerprint density at radius 1 is 1.20 bits per heavy atom. The molecule has 3 rings (SSSR count). The summed E-state index contributed by atoms with van der Waals surface area (Å²) in [6.07, 6.45) is 7.98. The summed E-state index contributed by atoms with van der Waals surface area (Å²) in [5, 5.41) is 3.11. The largest absolute Gasteiger partial charge is 0.339 e. The van der Waals surface area contributed by atoms with Crippen molar-refractivity contribution in [2.45, 2.75) is 77.3 Å². The van der Waals surface area contributed by atoms with Gasteiger partial charge in [0, 0.05) is 31.2 Å². The van der Waals surface area contributed by atoms with Gasteiger partial charge in [-0.3, -0.25) is 14.5 Å². The van der Waals surface area contributed by atoms with Crippen LogP contribution in [0.1, 0.15) is 65.7 Å². The van der Waals surface area contributed by atoms with E-state index in [-0.39, 0.29) is 23.8 Å². The lowest BCUT2D eigenvalue weighted by Gasteiger charge is -2.41. The fourth-order valence-corrected chi connectivity index (χ4v) is 5.46. The number of carbonyl (C=O) groups is 3. The van der Waals surface area contributed by atoms with Crippen LogP contribution in [-0.2, 0) is 9.59 Å². The van der Waals surface area contributed by atoms with Crippen molar-refractivity contribution < 1.29 is 14.4 Å². The third-order valence-corrected chi connectivity index (χ3v) is 7.45. The van der Waals surface area contributed by atoms with Gasteiger partial charge in [-0.15, -0.1) is 0 Å². The Balaban J connectivity index is 1.67. The van der Waals surface area contributed by atoms with Crippen LogP contribution in [0.3, 0.4) is 0 Å². The lowest BCUT2D eigenvalue weighted by Crippen LogP contribution is -2.56. The van der Waals surface area contributed by atoms with Crippen LogP contribution in [0.15, 0.2) is 11.6 Å². The highest BCUT2D eigenvalue weighted by atomic mass is 16.2. The molecular weight excluding hydrogens is 380 g/mol.